The maximum Gasteiger partial charge on any atom is 0.262 e. The summed E-state index contributed by atoms with van der Waals surface area (Å²) in [5, 5.41) is 24.8. The van der Waals surface area contributed by atoms with Crippen LogP contribution < -0.4 is 5.32 Å². The van der Waals surface area contributed by atoms with Crippen molar-refractivity contribution in [3.63, 3.8) is 0 Å². The van der Waals surface area contributed by atoms with Gasteiger partial charge in [0.1, 0.15) is 5.69 Å². The maximum absolute atomic E-state index is 12.3. The standard InChI is InChI=1S/C22H22N8O3/c1-13(14-11-24-25-12-14)26-21-23-8-6-17(28-21)15-4-3-5-16(27-15)18-10-19(33-29-18)22(32)7-9-30(2)20(22)31/h3-6,8,10-13,32H,7,9H2,1-2H3,(H,24,25)(H,23,26,28). The Bertz CT molecular complexity index is 1290. The highest BCUT2D eigenvalue weighted by atomic mass is 16.5. The molecule has 1 aliphatic heterocycles. The van der Waals surface area contributed by atoms with Gasteiger partial charge >= 0.3 is 0 Å². The number of H-pyrrole nitrogens is 1. The molecule has 168 valence electrons. The number of carbonyl (C=O) groups excluding carboxylic acids is 1. The van der Waals surface area contributed by atoms with E-state index in [1.54, 1.807) is 37.6 Å². The van der Waals surface area contributed by atoms with Crippen LogP contribution in [0.4, 0.5) is 5.95 Å². The Labute approximate surface area is 188 Å². The molecule has 0 aliphatic carbocycles. The number of aliphatic hydroxyl groups is 1. The van der Waals surface area contributed by atoms with E-state index in [9.17, 15) is 9.90 Å². The molecular formula is C22H22N8O3. The molecule has 1 fully saturated rings. The maximum atomic E-state index is 12.3. The number of amides is 1. The van der Waals surface area contributed by atoms with Crippen molar-refractivity contribution < 1.29 is 14.4 Å². The molecule has 3 N–H and O–H groups in total. The molecule has 1 amide bonds. The van der Waals surface area contributed by atoms with E-state index in [0.717, 1.165) is 5.56 Å². The lowest BCUT2D eigenvalue weighted by Gasteiger charge is -2.16. The summed E-state index contributed by atoms with van der Waals surface area (Å²) < 4.78 is 5.34. The molecule has 11 nitrogen and oxygen atoms in total. The Morgan fingerprint density at radius 3 is 2.73 bits per heavy atom. The molecule has 33 heavy (non-hydrogen) atoms. The zero-order valence-electron chi connectivity index (χ0n) is 18.1. The monoisotopic (exact) mass is 446 g/mol. The van der Waals surface area contributed by atoms with Gasteiger partial charge in [0.15, 0.2) is 5.76 Å². The van der Waals surface area contributed by atoms with Crippen LogP contribution in [0.5, 0.6) is 0 Å². The fraction of sp³-hybridized carbons (Fsp3) is 0.273. The van der Waals surface area contributed by atoms with Gasteiger partial charge in [0.25, 0.3) is 5.91 Å². The summed E-state index contributed by atoms with van der Waals surface area (Å²) in [5.74, 6) is 0.168. The lowest BCUT2D eigenvalue weighted by Crippen LogP contribution is -2.35. The van der Waals surface area contributed by atoms with E-state index in [4.69, 9.17) is 4.52 Å². The number of hydrogen-bond donors (Lipinski definition) is 3. The Morgan fingerprint density at radius 2 is 2.00 bits per heavy atom. The topological polar surface area (TPSA) is 146 Å². The second kappa shape index (κ2) is 8.10. The zero-order chi connectivity index (χ0) is 23.0. The first-order valence-corrected chi connectivity index (χ1v) is 10.5. The van der Waals surface area contributed by atoms with E-state index in [-0.39, 0.29) is 18.2 Å². The molecule has 0 aromatic carbocycles. The van der Waals surface area contributed by atoms with Gasteiger partial charge in [0.2, 0.25) is 11.5 Å². The SMILES string of the molecule is CC(Nc1nccc(-c2cccc(-c3cc(C4(O)CCN(C)C4=O)on3)n2)n1)c1cn[nH]c1. The van der Waals surface area contributed by atoms with Crippen molar-refractivity contribution in [2.75, 3.05) is 18.9 Å². The smallest absolute Gasteiger partial charge is 0.262 e. The first-order chi connectivity index (χ1) is 15.9. The summed E-state index contributed by atoms with van der Waals surface area (Å²) in [7, 11) is 1.64. The van der Waals surface area contributed by atoms with Crippen LogP contribution in [0.1, 0.15) is 30.7 Å². The van der Waals surface area contributed by atoms with Crippen LogP contribution in [-0.2, 0) is 10.4 Å². The number of anilines is 1. The van der Waals surface area contributed by atoms with Crippen LogP contribution in [0.15, 0.2) is 53.4 Å². The molecular weight excluding hydrogens is 424 g/mol. The largest absolute Gasteiger partial charge is 0.373 e. The fourth-order valence-corrected chi connectivity index (χ4v) is 3.74. The summed E-state index contributed by atoms with van der Waals surface area (Å²) in [6.45, 7) is 2.44. The second-order valence-corrected chi connectivity index (χ2v) is 7.98. The predicted octanol–water partition coefficient (Wildman–Crippen LogP) is 2.14. The number of aromatic amines is 1. The number of carbonyl (C=O) groups is 1. The zero-order valence-corrected chi connectivity index (χ0v) is 18.1. The van der Waals surface area contributed by atoms with E-state index < -0.39 is 11.5 Å². The molecule has 5 heterocycles. The number of nitrogens with zero attached hydrogens (tertiary/aromatic N) is 6. The third-order valence-electron chi connectivity index (χ3n) is 5.72. The molecule has 0 radical (unpaired) electrons. The Balaban J connectivity index is 1.39. The number of pyridine rings is 1. The van der Waals surface area contributed by atoms with E-state index in [1.807, 2.05) is 25.3 Å². The normalized spacial score (nSPS) is 19.1. The van der Waals surface area contributed by atoms with Gasteiger partial charge in [-0.2, -0.15) is 5.10 Å². The van der Waals surface area contributed by atoms with E-state index in [1.165, 1.54) is 4.90 Å². The lowest BCUT2D eigenvalue weighted by atomic mass is 9.98. The number of hydrogen-bond acceptors (Lipinski definition) is 9. The molecule has 2 atom stereocenters. The van der Waals surface area contributed by atoms with Gasteiger partial charge in [-0.25, -0.2) is 15.0 Å². The first kappa shape index (κ1) is 20.8. The summed E-state index contributed by atoms with van der Waals surface area (Å²) in [6, 6.07) is 8.73. The highest BCUT2D eigenvalue weighted by molar-refractivity contribution is 5.87. The summed E-state index contributed by atoms with van der Waals surface area (Å²) in [6.07, 6.45) is 5.46. The Morgan fingerprint density at radius 1 is 1.21 bits per heavy atom. The molecule has 1 aliphatic rings. The Hall–Kier alpha value is -4.12. The van der Waals surface area contributed by atoms with Crippen LogP contribution in [-0.4, -0.2) is 59.8 Å². The highest BCUT2D eigenvalue weighted by Crippen LogP contribution is 2.34. The van der Waals surface area contributed by atoms with E-state index >= 15 is 0 Å². The molecule has 2 unspecified atom stereocenters. The number of nitrogens with one attached hydrogen (secondary N) is 2. The average Bonchev–Trinajstić information content (AvgIpc) is 3.59. The van der Waals surface area contributed by atoms with Gasteiger partial charge in [-0.15, -0.1) is 0 Å². The summed E-state index contributed by atoms with van der Waals surface area (Å²) in [4.78, 5) is 27.3. The fourth-order valence-electron chi connectivity index (χ4n) is 3.74. The summed E-state index contributed by atoms with van der Waals surface area (Å²) in [5.41, 5.74) is 1.49. The molecule has 0 bridgehead atoms. The minimum atomic E-state index is -1.70. The van der Waals surface area contributed by atoms with Crippen LogP contribution in [0.3, 0.4) is 0 Å². The van der Waals surface area contributed by atoms with Crippen LogP contribution in [0, 0.1) is 0 Å². The van der Waals surface area contributed by atoms with Gasteiger partial charge in [-0.1, -0.05) is 11.2 Å². The molecule has 4 aromatic rings. The van der Waals surface area contributed by atoms with Gasteiger partial charge in [-0.05, 0) is 25.1 Å². The molecule has 11 heteroatoms. The van der Waals surface area contributed by atoms with E-state index in [2.05, 4.69) is 35.6 Å². The molecule has 1 saturated heterocycles. The third kappa shape index (κ3) is 3.82. The number of likely N-dealkylation sites (N-methyl/N-ethyl adjacent to an activating group) is 1. The number of rotatable bonds is 6. The lowest BCUT2D eigenvalue weighted by molar-refractivity contribution is -0.144. The summed E-state index contributed by atoms with van der Waals surface area (Å²) >= 11 is 0. The van der Waals surface area contributed by atoms with Crippen LogP contribution in [0.2, 0.25) is 0 Å². The Kier molecular flexibility index (Phi) is 5.09. The predicted molar refractivity (Wildman–Crippen MR) is 118 cm³/mol. The van der Waals surface area contributed by atoms with Crippen LogP contribution in [0.25, 0.3) is 22.8 Å². The highest BCUT2D eigenvalue weighted by Gasteiger charge is 2.48. The van der Waals surface area contributed by atoms with Crippen molar-refractivity contribution in [3.8, 4) is 22.8 Å². The average molecular weight is 446 g/mol. The first-order valence-electron chi connectivity index (χ1n) is 10.5. The van der Waals surface area contributed by atoms with Crippen LogP contribution >= 0.6 is 0 Å². The van der Waals surface area contributed by atoms with Crippen molar-refractivity contribution in [2.24, 2.45) is 0 Å². The van der Waals surface area contributed by atoms with Gasteiger partial charge in [-0.3, -0.25) is 9.89 Å². The van der Waals surface area contributed by atoms with E-state index in [0.29, 0.717) is 35.3 Å². The number of aromatic nitrogens is 6. The molecule has 5 rings (SSSR count). The number of likely N-dealkylation sites (tertiary alicyclic amines) is 1. The third-order valence-corrected chi connectivity index (χ3v) is 5.72. The van der Waals surface area contributed by atoms with Crippen molar-refractivity contribution >= 4 is 11.9 Å². The van der Waals surface area contributed by atoms with Crippen molar-refractivity contribution in [3.05, 3.63) is 60.2 Å². The van der Waals surface area contributed by atoms with Gasteiger partial charge in [0.05, 0.1) is 29.3 Å². The minimum Gasteiger partial charge on any atom is -0.373 e. The quantitative estimate of drug-likeness (QED) is 0.405. The van der Waals surface area contributed by atoms with Gasteiger partial charge < -0.3 is 19.8 Å². The van der Waals surface area contributed by atoms with Crippen molar-refractivity contribution in [2.45, 2.75) is 25.0 Å². The van der Waals surface area contributed by atoms with Crippen molar-refractivity contribution in [1.29, 1.82) is 0 Å². The molecule has 0 spiro atoms. The minimum absolute atomic E-state index is 0.0324. The second-order valence-electron chi connectivity index (χ2n) is 7.98. The van der Waals surface area contributed by atoms with Gasteiger partial charge in [0, 0.05) is 44.0 Å². The molecule has 4 aromatic heterocycles. The molecule has 0 saturated carbocycles. The van der Waals surface area contributed by atoms with Crippen molar-refractivity contribution in [1.82, 2.24) is 35.2 Å².